The summed E-state index contributed by atoms with van der Waals surface area (Å²) in [4.78, 5) is 21.3. The first-order valence-electron chi connectivity index (χ1n) is 5.75. The van der Waals surface area contributed by atoms with Crippen LogP contribution < -0.4 is 16.0 Å². The third-order valence-electron chi connectivity index (χ3n) is 2.27. The Hall–Kier alpha value is -1.35. The van der Waals surface area contributed by atoms with E-state index in [4.69, 9.17) is 47.0 Å². The number of hydrogen-bond donors (Lipinski definition) is 3. The Morgan fingerprint density at radius 1 is 1.36 bits per heavy atom. The highest BCUT2D eigenvalue weighted by Gasteiger charge is 2.34. The van der Waals surface area contributed by atoms with Crippen LogP contribution in [0.25, 0.3) is 0 Å². The van der Waals surface area contributed by atoms with E-state index in [2.05, 4.69) is 16.0 Å². The number of halogens is 3. The Morgan fingerprint density at radius 3 is 2.50 bits per heavy atom. The molecule has 0 heterocycles. The molecule has 7 nitrogen and oxygen atoms in total. The van der Waals surface area contributed by atoms with Gasteiger partial charge in [0.2, 0.25) is 9.70 Å². The van der Waals surface area contributed by atoms with Crippen LogP contribution in [0.1, 0.15) is 6.92 Å². The SMILES string of the molecule is CC(=O)N[C@H](NC(=S)Nc1cccc([N+](=O)[O-])c1)C(Cl)(Cl)Cl. The number of carbonyl (C=O) groups is 1. The van der Waals surface area contributed by atoms with Crippen molar-refractivity contribution in [2.45, 2.75) is 16.9 Å². The molecule has 1 aromatic carbocycles. The van der Waals surface area contributed by atoms with Gasteiger partial charge in [0.1, 0.15) is 6.17 Å². The molecular formula is C11H11Cl3N4O3S. The van der Waals surface area contributed by atoms with E-state index in [-0.39, 0.29) is 10.8 Å². The topological polar surface area (TPSA) is 96.3 Å². The highest BCUT2D eigenvalue weighted by Crippen LogP contribution is 2.29. The molecule has 1 rings (SSSR count). The van der Waals surface area contributed by atoms with Crippen LogP contribution in [-0.2, 0) is 4.79 Å². The van der Waals surface area contributed by atoms with Gasteiger partial charge < -0.3 is 16.0 Å². The second-order valence-corrected chi connectivity index (χ2v) is 6.86. The first-order valence-corrected chi connectivity index (χ1v) is 7.29. The molecule has 0 bridgehead atoms. The summed E-state index contributed by atoms with van der Waals surface area (Å²) in [7, 11) is 0. The summed E-state index contributed by atoms with van der Waals surface area (Å²) in [6, 6.07) is 5.69. The lowest BCUT2D eigenvalue weighted by Gasteiger charge is -2.27. The van der Waals surface area contributed by atoms with Crippen LogP contribution in [0.4, 0.5) is 11.4 Å². The number of alkyl halides is 3. The van der Waals surface area contributed by atoms with Crippen molar-refractivity contribution in [3.05, 3.63) is 34.4 Å². The number of non-ortho nitro benzene ring substituents is 1. The number of anilines is 1. The molecule has 0 fully saturated rings. The van der Waals surface area contributed by atoms with Crippen molar-refractivity contribution in [2.24, 2.45) is 0 Å². The van der Waals surface area contributed by atoms with Crippen LogP contribution >= 0.6 is 47.0 Å². The Bertz CT molecular complexity index is 594. The zero-order chi connectivity index (χ0) is 16.9. The molecule has 11 heteroatoms. The molecule has 0 unspecified atom stereocenters. The largest absolute Gasteiger partial charge is 0.339 e. The average molecular weight is 386 g/mol. The second kappa shape index (κ2) is 7.77. The number of rotatable bonds is 4. The summed E-state index contributed by atoms with van der Waals surface area (Å²) in [5.41, 5.74) is 0.269. The summed E-state index contributed by atoms with van der Waals surface area (Å²) < 4.78 is -1.85. The van der Waals surface area contributed by atoms with Gasteiger partial charge in [-0.05, 0) is 18.3 Å². The summed E-state index contributed by atoms with van der Waals surface area (Å²) in [6.45, 7) is 1.25. The van der Waals surface area contributed by atoms with E-state index in [1.807, 2.05) is 0 Å². The molecule has 0 radical (unpaired) electrons. The molecule has 0 saturated carbocycles. The van der Waals surface area contributed by atoms with Crippen LogP contribution in [0.3, 0.4) is 0 Å². The molecule has 0 saturated heterocycles. The van der Waals surface area contributed by atoms with Gasteiger partial charge in [-0.2, -0.15) is 0 Å². The molecular weight excluding hydrogens is 375 g/mol. The summed E-state index contributed by atoms with van der Waals surface area (Å²) in [5, 5.41) is 18.4. The predicted molar refractivity (Wildman–Crippen MR) is 90.3 cm³/mol. The number of nitro benzene ring substituents is 1. The molecule has 22 heavy (non-hydrogen) atoms. The van der Waals surface area contributed by atoms with E-state index < -0.39 is 20.8 Å². The van der Waals surface area contributed by atoms with Gasteiger partial charge in [0, 0.05) is 24.7 Å². The smallest absolute Gasteiger partial charge is 0.271 e. The standard InChI is InChI=1S/C11H11Cl3N4O3S/c1-6(19)15-9(11(12,13)14)17-10(22)16-7-3-2-4-8(5-7)18(20)21/h2-5,9H,1H3,(H,15,19)(H2,16,17,22)/t9-/m1/s1. The lowest BCUT2D eigenvalue weighted by molar-refractivity contribution is -0.384. The molecule has 0 aliphatic carbocycles. The quantitative estimate of drug-likeness (QED) is 0.242. The number of nitrogens with zero attached hydrogens (tertiary/aromatic N) is 1. The number of carbonyl (C=O) groups excluding carboxylic acids is 1. The molecule has 1 aromatic rings. The van der Waals surface area contributed by atoms with Crippen molar-refractivity contribution in [3.63, 3.8) is 0 Å². The van der Waals surface area contributed by atoms with Crippen LogP contribution in [0, 0.1) is 10.1 Å². The van der Waals surface area contributed by atoms with E-state index in [1.165, 1.54) is 25.1 Å². The Labute approximate surface area is 146 Å². The van der Waals surface area contributed by atoms with Crippen molar-refractivity contribution in [1.29, 1.82) is 0 Å². The molecule has 0 aliphatic rings. The predicted octanol–water partition coefficient (Wildman–Crippen LogP) is 2.71. The zero-order valence-corrected chi connectivity index (χ0v) is 14.2. The first kappa shape index (κ1) is 18.7. The minimum atomic E-state index is -1.85. The monoisotopic (exact) mass is 384 g/mol. The molecule has 0 spiro atoms. The first-order chi connectivity index (χ1) is 10.1. The third-order valence-corrected chi connectivity index (χ3v) is 3.14. The highest BCUT2D eigenvalue weighted by atomic mass is 35.6. The second-order valence-electron chi connectivity index (χ2n) is 4.08. The summed E-state index contributed by atoms with van der Waals surface area (Å²) in [5.74, 6) is -0.429. The number of nitro groups is 1. The summed E-state index contributed by atoms with van der Waals surface area (Å²) in [6.07, 6.45) is -1.08. The van der Waals surface area contributed by atoms with Gasteiger partial charge in [-0.15, -0.1) is 0 Å². The van der Waals surface area contributed by atoms with Gasteiger partial charge in [-0.3, -0.25) is 14.9 Å². The van der Waals surface area contributed by atoms with E-state index in [0.29, 0.717) is 5.69 Å². The number of hydrogen-bond acceptors (Lipinski definition) is 4. The molecule has 3 N–H and O–H groups in total. The number of amides is 1. The van der Waals surface area contributed by atoms with Crippen LogP contribution in [-0.4, -0.2) is 25.9 Å². The fraction of sp³-hybridized carbons (Fsp3) is 0.273. The van der Waals surface area contributed by atoms with E-state index >= 15 is 0 Å². The van der Waals surface area contributed by atoms with Crippen LogP contribution in [0.2, 0.25) is 0 Å². The van der Waals surface area contributed by atoms with Gasteiger partial charge in [-0.25, -0.2) is 0 Å². The number of thiocarbonyl (C=S) groups is 1. The lowest BCUT2D eigenvalue weighted by Crippen LogP contribution is -2.55. The van der Waals surface area contributed by atoms with Crippen molar-refractivity contribution >= 4 is 69.4 Å². The molecule has 0 aliphatic heterocycles. The van der Waals surface area contributed by atoms with Crippen molar-refractivity contribution in [1.82, 2.24) is 10.6 Å². The van der Waals surface area contributed by atoms with Gasteiger partial charge in [0.05, 0.1) is 4.92 Å². The summed E-state index contributed by atoms with van der Waals surface area (Å²) >= 11 is 22.2. The third kappa shape index (κ3) is 6.18. The van der Waals surface area contributed by atoms with Crippen molar-refractivity contribution in [3.8, 4) is 0 Å². The Balaban J connectivity index is 2.77. The fourth-order valence-electron chi connectivity index (χ4n) is 1.40. The molecule has 0 aromatic heterocycles. The maximum absolute atomic E-state index is 11.1. The minimum Gasteiger partial charge on any atom is -0.339 e. The molecule has 120 valence electrons. The highest BCUT2D eigenvalue weighted by molar-refractivity contribution is 7.80. The van der Waals surface area contributed by atoms with Crippen molar-refractivity contribution in [2.75, 3.05) is 5.32 Å². The maximum Gasteiger partial charge on any atom is 0.271 e. The maximum atomic E-state index is 11.1. The zero-order valence-electron chi connectivity index (χ0n) is 11.1. The van der Waals surface area contributed by atoms with E-state index in [9.17, 15) is 14.9 Å². The number of benzene rings is 1. The Morgan fingerprint density at radius 2 is 2.00 bits per heavy atom. The van der Waals surface area contributed by atoms with Crippen molar-refractivity contribution < 1.29 is 9.72 Å². The van der Waals surface area contributed by atoms with E-state index in [0.717, 1.165) is 0 Å². The van der Waals surface area contributed by atoms with Crippen LogP contribution in [0.5, 0.6) is 0 Å². The average Bonchev–Trinajstić information content (AvgIpc) is 2.36. The fourth-order valence-corrected chi connectivity index (χ4v) is 1.96. The van der Waals surface area contributed by atoms with Crippen LogP contribution in [0.15, 0.2) is 24.3 Å². The molecule has 1 atom stereocenters. The van der Waals surface area contributed by atoms with Gasteiger partial charge >= 0.3 is 0 Å². The van der Waals surface area contributed by atoms with Gasteiger partial charge in [-0.1, -0.05) is 40.9 Å². The van der Waals surface area contributed by atoms with E-state index in [1.54, 1.807) is 6.07 Å². The normalized spacial score (nSPS) is 12.2. The lowest BCUT2D eigenvalue weighted by atomic mass is 10.3. The van der Waals surface area contributed by atoms with Gasteiger partial charge in [0.25, 0.3) is 5.69 Å². The minimum absolute atomic E-state index is 0.0190. The van der Waals surface area contributed by atoms with Gasteiger partial charge in [0.15, 0.2) is 5.11 Å². The Kier molecular flexibility index (Phi) is 6.61. The molecule has 1 amide bonds. The number of nitrogens with one attached hydrogen (secondary N) is 3.